The maximum Gasteiger partial charge on any atom is 0.278 e. The zero-order valence-electron chi connectivity index (χ0n) is 13.6. The number of rotatable bonds is 5. The van der Waals surface area contributed by atoms with Crippen molar-refractivity contribution in [2.75, 3.05) is 11.4 Å². The minimum atomic E-state index is -0.366. The first-order valence-corrected chi connectivity index (χ1v) is 7.81. The largest absolute Gasteiger partial charge is 0.364 e. The summed E-state index contributed by atoms with van der Waals surface area (Å²) in [5.74, 6) is 0. The highest BCUT2D eigenvalue weighted by molar-refractivity contribution is 5.99. The molecule has 0 amide bonds. The standard InChI is InChI=1S/C18H18N4O2/c1-3-21(13(2)14-5-4-9-19-11-14)17-6-7-18(22(23)24)16-12-20-10-8-15(16)17/h4-13H,3H2,1-2H3. The Morgan fingerprint density at radius 2 is 1.92 bits per heavy atom. The highest BCUT2D eigenvalue weighted by Gasteiger charge is 2.21. The van der Waals surface area contributed by atoms with Gasteiger partial charge in [-0.25, -0.2) is 0 Å². The van der Waals surface area contributed by atoms with Crippen molar-refractivity contribution in [2.24, 2.45) is 0 Å². The molecule has 0 aliphatic carbocycles. The van der Waals surface area contributed by atoms with E-state index in [1.807, 2.05) is 30.5 Å². The number of nitro groups is 1. The average molecular weight is 322 g/mol. The Morgan fingerprint density at radius 1 is 1.12 bits per heavy atom. The van der Waals surface area contributed by atoms with Crippen LogP contribution in [0.1, 0.15) is 25.5 Å². The molecular formula is C18H18N4O2. The number of nitrogens with zero attached hydrogens (tertiary/aromatic N) is 4. The summed E-state index contributed by atoms with van der Waals surface area (Å²) in [7, 11) is 0. The summed E-state index contributed by atoms with van der Waals surface area (Å²) in [4.78, 5) is 21.4. The predicted molar refractivity (Wildman–Crippen MR) is 94.1 cm³/mol. The smallest absolute Gasteiger partial charge is 0.278 e. The first-order valence-electron chi connectivity index (χ1n) is 7.81. The van der Waals surface area contributed by atoms with Gasteiger partial charge in [0.05, 0.1) is 16.4 Å². The van der Waals surface area contributed by atoms with E-state index in [0.29, 0.717) is 5.39 Å². The molecular weight excluding hydrogens is 304 g/mol. The van der Waals surface area contributed by atoms with Gasteiger partial charge < -0.3 is 4.90 Å². The number of pyridine rings is 2. The van der Waals surface area contributed by atoms with E-state index in [9.17, 15) is 10.1 Å². The lowest BCUT2D eigenvalue weighted by atomic mass is 10.0. The molecule has 0 bridgehead atoms. The number of hydrogen-bond acceptors (Lipinski definition) is 5. The number of hydrogen-bond donors (Lipinski definition) is 0. The lowest BCUT2D eigenvalue weighted by molar-refractivity contribution is -0.383. The molecule has 0 radical (unpaired) electrons. The molecule has 0 saturated heterocycles. The third-order valence-electron chi connectivity index (χ3n) is 4.25. The molecule has 2 heterocycles. The quantitative estimate of drug-likeness (QED) is 0.522. The van der Waals surface area contributed by atoms with Crippen LogP contribution in [0.5, 0.6) is 0 Å². The topological polar surface area (TPSA) is 72.2 Å². The van der Waals surface area contributed by atoms with Crippen molar-refractivity contribution in [3.63, 3.8) is 0 Å². The van der Waals surface area contributed by atoms with Crippen molar-refractivity contribution >= 4 is 22.1 Å². The molecule has 0 N–H and O–H groups in total. The van der Waals surface area contributed by atoms with Crippen molar-refractivity contribution in [3.05, 3.63) is 70.8 Å². The summed E-state index contributed by atoms with van der Waals surface area (Å²) >= 11 is 0. The predicted octanol–water partition coefficient (Wildman–Crippen LogP) is 4.13. The summed E-state index contributed by atoms with van der Waals surface area (Å²) < 4.78 is 0. The van der Waals surface area contributed by atoms with Crippen LogP contribution in [0.2, 0.25) is 0 Å². The summed E-state index contributed by atoms with van der Waals surface area (Å²) in [6, 6.07) is 9.25. The van der Waals surface area contributed by atoms with Crippen LogP contribution in [0.25, 0.3) is 10.8 Å². The maximum absolute atomic E-state index is 11.3. The number of anilines is 1. The van der Waals surface area contributed by atoms with Crippen molar-refractivity contribution in [1.82, 2.24) is 9.97 Å². The van der Waals surface area contributed by atoms with Crippen LogP contribution < -0.4 is 4.90 Å². The first-order chi connectivity index (χ1) is 11.6. The van der Waals surface area contributed by atoms with E-state index < -0.39 is 0 Å². The summed E-state index contributed by atoms with van der Waals surface area (Å²) in [5.41, 5.74) is 2.13. The highest BCUT2D eigenvalue weighted by Crippen LogP contribution is 2.36. The van der Waals surface area contributed by atoms with E-state index in [1.165, 1.54) is 0 Å². The van der Waals surface area contributed by atoms with Gasteiger partial charge in [0.25, 0.3) is 5.69 Å². The normalized spacial score (nSPS) is 12.1. The molecule has 3 rings (SSSR count). The monoisotopic (exact) mass is 322 g/mol. The van der Waals surface area contributed by atoms with E-state index >= 15 is 0 Å². The maximum atomic E-state index is 11.3. The molecule has 1 atom stereocenters. The Hall–Kier alpha value is -3.02. The van der Waals surface area contributed by atoms with E-state index in [4.69, 9.17) is 0 Å². The fraction of sp³-hybridized carbons (Fsp3) is 0.222. The van der Waals surface area contributed by atoms with Gasteiger partial charge in [-0.3, -0.25) is 20.1 Å². The molecule has 24 heavy (non-hydrogen) atoms. The van der Waals surface area contributed by atoms with E-state index in [-0.39, 0.29) is 16.7 Å². The second kappa shape index (κ2) is 6.62. The van der Waals surface area contributed by atoms with E-state index in [1.54, 1.807) is 24.7 Å². The lowest BCUT2D eigenvalue weighted by Crippen LogP contribution is -2.26. The Kier molecular flexibility index (Phi) is 4.37. The van der Waals surface area contributed by atoms with Crippen molar-refractivity contribution in [1.29, 1.82) is 0 Å². The van der Waals surface area contributed by atoms with Crippen LogP contribution in [0.4, 0.5) is 11.4 Å². The SMILES string of the molecule is CCN(c1ccc([N+](=O)[O-])c2cnccc12)C(C)c1cccnc1. The first kappa shape index (κ1) is 15.9. The van der Waals surface area contributed by atoms with Gasteiger partial charge in [0, 0.05) is 48.5 Å². The molecule has 122 valence electrons. The van der Waals surface area contributed by atoms with Gasteiger partial charge in [-0.15, -0.1) is 0 Å². The Bertz CT molecular complexity index is 867. The van der Waals surface area contributed by atoms with Gasteiger partial charge in [0.2, 0.25) is 0 Å². The Morgan fingerprint density at radius 3 is 2.58 bits per heavy atom. The number of benzene rings is 1. The van der Waals surface area contributed by atoms with Gasteiger partial charge in [0.1, 0.15) is 0 Å². The van der Waals surface area contributed by atoms with Gasteiger partial charge in [0.15, 0.2) is 0 Å². The molecule has 0 aliphatic rings. The van der Waals surface area contributed by atoms with E-state index in [2.05, 4.69) is 28.7 Å². The molecule has 2 aromatic heterocycles. The number of aromatic nitrogens is 2. The van der Waals surface area contributed by atoms with Crippen LogP contribution in [0.15, 0.2) is 55.1 Å². The minimum absolute atomic E-state index is 0.0759. The molecule has 3 aromatic rings. The second-order valence-electron chi connectivity index (χ2n) is 5.53. The van der Waals surface area contributed by atoms with E-state index in [0.717, 1.165) is 23.2 Å². The zero-order chi connectivity index (χ0) is 17.1. The third-order valence-corrected chi connectivity index (χ3v) is 4.25. The Labute approximate surface area is 139 Å². The van der Waals surface area contributed by atoms with Crippen LogP contribution in [-0.4, -0.2) is 21.4 Å². The second-order valence-corrected chi connectivity index (χ2v) is 5.53. The van der Waals surface area contributed by atoms with Gasteiger partial charge >= 0.3 is 0 Å². The van der Waals surface area contributed by atoms with Crippen molar-refractivity contribution in [2.45, 2.75) is 19.9 Å². The van der Waals surface area contributed by atoms with Crippen molar-refractivity contribution < 1.29 is 4.92 Å². The fourth-order valence-corrected chi connectivity index (χ4v) is 3.02. The van der Waals surface area contributed by atoms with Crippen LogP contribution in [0.3, 0.4) is 0 Å². The minimum Gasteiger partial charge on any atom is -0.364 e. The van der Waals surface area contributed by atoms with Crippen molar-refractivity contribution in [3.8, 4) is 0 Å². The summed E-state index contributed by atoms with van der Waals surface area (Å²) in [5, 5.41) is 12.7. The van der Waals surface area contributed by atoms with Crippen LogP contribution in [-0.2, 0) is 0 Å². The zero-order valence-corrected chi connectivity index (χ0v) is 13.6. The number of fused-ring (bicyclic) bond motifs is 1. The number of nitro benzene ring substituents is 1. The average Bonchev–Trinajstić information content (AvgIpc) is 2.62. The fourth-order valence-electron chi connectivity index (χ4n) is 3.02. The third kappa shape index (κ3) is 2.78. The summed E-state index contributed by atoms with van der Waals surface area (Å²) in [6.45, 7) is 4.95. The molecule has 0 saturated carbocycles. The molecule has 0 spiro atoms. The Balaban J connectivity index is 2.14. The van der Waals surface area contributed by atoms with Crippen LogP contribution in [0, 0.1) is 10.1 Å². The summed E-state index contributed by atoms with van der Waals surface area (Å²) in [6.07, 6.45) is 6.82. The van der Waals surface area contributed by atoms with Gasteiger partial charge in [-0.1, -0.05) is 6.07 Å². The molecule has 6 nitrogen and oxygen atoms in total. The molecule has 1 unspecified atom stereocenters. The molecule has 0 fully saturated rings. The number of non-ortho nitro benzene ring substituents is 1. The lowest BCUT2D eigenvalue weighted by Gasteiger charge is -2.31. The molecule has 1 aromatic carbocycles. The molecule has 0 aliphatic heterocycles. The van der Waals surface area contributed by atoms with Crippen LogP contribution >= 0.6 is 0 Å². The highest BCUT2D eigenvalue weighted by atomic mass is 16.6. The van der Waals surface area contributed by atoms with Gasteiger partial charge in [-0.05, 0) is 37.6 Å². The molecule has 6 heteroatoms. The van der Waals surface area contributed by atoms with Gasteiger partial charge in [-0.2, -0.15) is 0 Å².